The summed E-state index contributed by atoms with van der Waals surface area (Å²) >= 11 is 0. The number of carbonyl (C=O) groups is 1. The number of hydrogen-bond acceptors (Lipinski definition) is 4. The smallest absolute Gasteiger partial charge is 0.407 e. The Hall–Kier alpha value is -1.66. The molecular weight excluding hydrogens is 608 g/mol. The molecule has 0 aliphatic rings. The van der Waals surface area contributed by atoms with Crippen molar-refractivity contribution < 1.29 is 23.6 Å². The Morgan fingerprint density at radius 2 is 0.980 bits per heavy atom. The molecule has 6 heteroatoms. The molecule has 1 aromatic heterocycles. The molecule has 0 aromatic carbocycles. The van der Waals surface area contributed by atoms with Crippen LogP contribution in [-0.2, 0) is 20.8 Å². The minimum Gasteiger partial charge on any atom is -0.447 e. The summed E-state index contributed by atoms with van der Waals surface area (Å²) < 4.78 is 20.0. The van der Waals surface area contributed by atoms with Gasteiger partial charge in [0.15, 0.2) is 12.4 Å². The lowest BCUT2D eigenvalue weighted by molar-refractivity contribution is -0.697. The second-order valence-corrected chi connectivity index (χ2v) is 14.4. The normalized spacial score (nSPS) is 12.0. The second kappa shape index (κ2) is 37.6. The highest BCUT2D eigenvalue weighted by atomic mass is 16.6. The topological polar surface area (TPSA) is 60.7 Å². The SMILES string of the molecule is CCCCCCCCCCCCCCOCC(COC(=O)NCCCCCC[n+]1ccccc1)OCCCCCCCCCCCCCC. The fourth-order valence-electron chi connectivity index (χ4n) is 6.36. The molecule has 1 heterocycles. The first-order valence-electron chi connectivity index (χ1n) is 21.3. The zero-order valence-electron chi connectivity index (χ0n) is 32.6. The highest BCUT2D eigenvalue weighted by molar-refractivity contribution is 5.67. The maximum absolute atomic E-state index is 12.4. The van der Waals surface area contributed by atoms with Crippen molar-refractivity contribution in [2.45, 2.75) is 206 Å². The van der Waals surface area contributed by atoms with E-state index in [4.69, 9.17) is 14.2 Å². The molecule has 0 saturated carbocycles. The number of unbranched alkanes of at least 4 members (excludes halogenated alkanes) is 25. The summed E-state index contributed by atoms with van der Waals surface area (Å²) in [7, 11) is 0. The molecule has 0 spiro atoms. The molecule has 0 saturated heterocycles. The summed E-state index contributed by atoms with van der Waals surface area (Å²) in [6.07, 6.45) is 40.1. The van der Waals surface area contributed by atoms with E-state index in [9.17, 15) is 4.79 Å². The summed E-state index contributed by atoms with van der Waals surface area (Å²) in [5.41, 5.74) is 0. The van der Waals surface area contributed by atoms with Crippen LogP contribution in [0.25, 0.3) is 0 Å². The Balaban J connectivity index is 2.15. The number of alkyl carbamates (subject to hydrolysis) is 1. The van der Waals surface area contributed by atoms with Crippen molar-refractivity contribution in [2.24, 2.45) is 0 Å². The number of rotatable bonds is 38. The van der Waals surface area contributed by atoms with Gasteiger partial charge in [-0.1, -0.05) is 168 Å². The van der Waals surface area contributed by atoms with E-state index in [1.807, 2.05) is 6.07 Å². The average Bonchev–Trinajstić information content (AvgIpc) is 3.12. The summed E-state index contributed by atoms with van der Waals surface area (Å²) in [5.74, 6) is 0. The van der Waals surface area contributed by atoms with Gasteiger partial charge in [-0.05, 0) is 25.7 Å². The predicted molar refractivity (Wildman–Crippen MR) is 207 cm³/mol. The molecule has 1 amide bonds. The van der Waals surface area contributed by atoms with E-state index in [1.165, 1.54) is 141 Å². The van der Waals surface area contributed by atoms with Crippen LogP contribution in [0.5, 0.6) is 0 Å². The molecule has 1 unspecified atom stereocenters. The summed E-state index contributed by atoms with van der Waals surface area (Å²) in [6, 6.07) is 6.18. The zero-order chi connectivity index (χ0) is 35.1. The van der Waals surface area contributed by atoms with E-state index in [-0.39, 0.29) is 18.8 Å². The number of nitrogens with zero attached hydrogens (tertiary/aromatic N) is 1. The standard InChI is InChI=1S/C43H80N2O4/c1-3-5-7-9-11-13-15-17-19-21-25-32-38-47-40-42(48-39-33-26-22-20-18-16-14-12-10-8-6-4-2)41-49-43(46)44-34-28-23-24-29-35-45-36-30-27-31-37-45/h27,30-31,36-37,42H,3-26,28-29,32-35,38-41H2,1-2H3/p+1. The Morgan fingerprint density at radius 1 is 0.531 bits per heavy atom. The van der Waals surface area contributed by atoms with Crippen LogP contribution >= 0.6 is 0 Å². The van der Waals surface area contributed by atoms with Crippen LogP contribution in [0.4, 0.5) is 4.79 Å². The van der Waals surface area contributed by atoms with Gasteiger partial charge in [0.1, 0.15) is 19.3 Å². The highest BCUT2D eigenvalue weighted by Crippen LogP contribution is 2.14. The number of pyridine rings is 1. The lowest BCUT2D eigenvalue weighted by Gasteiger charge is -2.18. The molecule has 0 radical (unpaired) electrons. The Morgan fingerprint density at radius 3 is 1.51 bits per heavy atom. The Labute approximate surface area is 304 Å². The molecule has 1 rings (SSSR count). The number of ether oxygens (including phenoxy) is 3. The van der Waals surface area contributed by atoms with E-state index >= 15 is 0 Å². The van der Waals surface area contributed by atoms with Crippen molar-refractivity contribution in [3.63, 3.8) is 0 Å². The molecule has 0 aliphatic heterocycles. The fraction of sp³-hybridized carbons (Fsp3) is 0.860. The number of nitrogens with one attached hydrogen (secondary N) is 1. The molecule has 1 N–H and O–H groups in total. The third-order valence-electron chi connectivity index (χ3n) is 9.59. The number of aryl methyl sites for hydroxylation is 1. The second-order valence-electron chi connectivity index (χ2n) is 14.4. The minimum atomic E-state index is -0.347. The molecule has 1 atom stereocenters. The Kier molecular flexibility index (Phi) is 34.8. The van der Waals surface area contributed by atoms with Gasteiger partial charge in [0, 0.05) is 38.3 Å². The first kappa shape index (κ1) is 45.4. The van der Waals surface area contributed by atoms with Gasteiger partial charge in [-0.2, -0.15) is 0 Å². The quantitative estimate of drug-likeness (QED) is 0.0554. The van der Waals surface area contributed by atoms with Gasteiger partial charge in [0.2, 0.25) is 0 Å². The first-order valence-corrected chi connectivity index (χ1v) is 21.3. The molecule has 1 aromatic rings. The third-order valence-corrected chi connectivity index (χ3v) is 9.59. The third kappa shape index (κ3) is 33.3. The van der Waals surface area contributed by atoms with Crippen molar-refractivity contribution in [1.29, 1.82) is 0 Å². The number of amides is 1. The van der Waals surface area contributed by atoms with Crippen molar-refractivity contribution >= 4 is 6.09 Å². The average molecular weight is 690 g/mol. The summed E-state index contributed by atoms with van der Waals surface area (Å²) in [5, 5.41) is 2.92. The summed E-state index contributed by atoms with van der Waals surface area (Å²) in [4.78, 5) is 12.4. The van der Waals surface area contributed by atoms with Crippen molar-refractivity contribution in [2.75, 3.05) is 33.0 Å². The van der Waals surface area contributed by atoms with Crippen LogP contribution < -0.4 is 9.88 Å². The van der Waals surface area contributed by atoms with Crippen molar-refractivity contribution in [3.05, 3.63) is 30.6 Å². The van der Waals surface area contributed by atoms with E-state index in [0.29, 0.717) is 19.8 Å². The maximum Gasteiger partial charge on any atom is 0.407 e. The highest BCUT2D eigenvalue weighted by Gasteiger charge is 2.13. The van der Waals surface area contributed by atoms with Gasteiger partial charge in [-0.3, -0.25) is 0 Å². The molecule has 6 nitrogen and oxygen atoms in total. The largest absolute Gasteiger partial charge is 0.447 e. The number of hydrogen-bond donors (Lipinski definition) is 1. The lowest BCUT2D eigenvalue weighted by Crippen LogP contribution is -2.32. The van der Waals surface area contributed by atoms with Gasteiger partial charge in [-0.25, -0.2) is 9.36 Å². The van der Waals surface area contributed by atoms with Gasteiger partial charge < -0.3 is 19.5 Å². The first-order chi connectivity index (χ1) is 24.3. The van der Waals surface area contributed by atoms with Crippen LogP contribution in [0.3, 0.4) is 0 Å². The van der Waals surface area contributed by atoms with Crippen molar-refractivity contribution in [3.8, 4) is 0 Å². The molecule has 0 bridgehead atoms. The fourth-order valence-corrected chi connectivity index (χ4v) is 6.36. The molecule has 49 heavy (non-hydrogen) atoms. The van der Waals surface area contributed by atoms with Crippen molar-refractivity contribution in [1.82, 2.24) is 5.32 Å². The predicted octanol–water partition coefficient (Wildman–Crippen LogP) is 12.1. The molecule has 0 fully saturated rings. The van der Waals surface area contributed by atoms with Crippen LogP contribution in [0, 0.1) is 0 Å². The van der Waals surface area contributed by atoms with Crippen LogP contribution in [-0.4, -0.2) is 45.2 Å². The van der Waals surface area contributed by atoms with Gasteiger partial charge in [-0.15, -0.1) is 0 Å². The van der Waals surface area contributed by atoms with Gasteiger partial charge >= 0.3 is 6.09 Å². The lowest BCUT2D eigenvalue weighted by atomic mass is 10.1. The van der Waals surface area contributed by atoms with Gasteiger partial charge in [0.25, 0.3) is 0 Å². The molecule has 286 valence electrons. The number of carbonyl (C=O) groups excluding carboxylic acids is 1. The minimum absolute atomic E-state index is 0.203. The summed E-state index contributed by atoms with van der Waals surface area (Å²) in [6.45, 7) is 8.45. The number of aromatic nitrogens is 1. The van der Waals surface area contributed by atoms with E-state index in [1.54, 1.807) is 0 Å². The molecule has 0 aliphatic carbocycles. The van der Waals surface area contributed by atoms with Crippen LogP contribution in [0.1, 0.15) is 194 Å². The van der Waals surface area contributed by atoms with Crippen LogP contribution in [0.15, 0.2) is 30.6 Å². The van der Waals surface area contributed by atoms with Gasteiger partial charge in [0.05, 0.1) is 6.61 Å². The molecular formula is C43H81N2O4+. The maximum atomic E-state index is 12.4. The van der Waals surface area contributed by atoms with E-state index < -0.39 is 0 Å². The van der Waals surface area contributed by atoms with Crippen LogP contribution in [0.2, 0.25) is 0 Å². The van der Waals surface area contributed by atoms with E-state index in [2.05, 4.69) is 48.3 Å². The monoisotopic (exact) mass is 690 g/mol. The van der Waals surface area contributed by atoms with E-state index in [0.717, 1.165) is 51.7 Å². The zero-order valence-corrected chi connectivity index (χ0v) is 32.6. The Bertz CT molecular complexity index is 793.